The Kier molecular flexibility index (Phi) is 56.6. The van der Waals surface area contributed by atoms with E-state index >= 15 is 0 Å². The van der Waals surface area contributed by atoms with Crippen molar-refractivity contribution in [2.45, 2.75) is 302 Å². The molecule has 0 aliphatic rings. The molecule has 0 aliphatic carbocycles. The van der Waals surface area contributed by atoms with Crippen molar-refractivity contribution in [1.29, 1.82) is 0 Å². The smallest absolute Gasteiger partial charge is 0.387 e. The van der Waals surface area contributed by atoms with Gasteiger partial charge in [-0.1, -0.05) is 298 Å². The summed E-state index contributed by atoms with van der Waals surface area (Å²) in [6.07, 6.45) is 82.8. The first kappa shape index (κ1) is 74.7. The van der Waals surface area contributed by atoms with Gasteiger partial charge in [0.05, 0.1) is 39.9 Å². The zero-order valence-corrected chi connectivity index (χ0v) is 52.1. The molecule has 448 valence electrons. The standard InChI is InChI=1S/C68H125N2O6P/c1-6-8-10-12-14-16-18-20-22-24-25-26-27-28-29-30-31-32-33-34-35-36-37-38-39-40-41-42-43-44-45-46-48-50-52-54-56-58-60-62-68(72)69-66(65-76-77(73,74)75-64-63-70(3,4)5)67(71)61-59-57-55-53-51-49-47-23-21-19-17-15-13-11-9-7-2/h8,10,14,16,20,22,25-26,28-29,31-32,59,61,66-67,71H,6-7,9,11-13,15,17-19,21,23-24,27,30,33-58,60,62-65H2,1-5H3,(H-,69,72,73,74)/p+1/b10-8-,16-14-,22-20-,26-25-,29-28-,32-31-,61-59+. The molecular weight excluding hydrogens is 972 g/mol. The first-order valence-electron chi connectivity index (χ1n) is 32.5. The topological polar surface area (TPSA) is 105 Å². The zero-order chi connectivity index (χ0) is 56.3. The van der Waals surface area contributed by atoms with E-state index in [-0.39, 0.29) is 19.1 Å². The molecule has 0 spiro atoms. The van der Waals surface area contributed by atoms with Gasteiger partial charge in [-0.2, -0.15) is 0 Å². The maximum absolute atomic E-state index is 13.0. The first-order chi connectivity index (χ1) is 37.5. The lowest BCUT2D eigenvalue weighted by Crippen LogP contribution is -2.45. The Labute approximate surface area is 477 Å². The Balaban J connectivity index is 3.97. The van der Waals surface area contributed by atoms with Crippen LogP contribution in [0.3, 0.4) is 0 Å². The Morgan fingerprint density at radius 3 is 1.14 bits per heavy atom. The number of carbonyl (C=O) groups excluding carboxylic acids is 1. The van der Waals surface area contributed by atoms with Crippen molar-refractivity contribution >= 4 is 13.7 Å². The second kappa shape index (κ2) is 58.3. The molecule has 0 saturated heterocycles. The Morgan fingerprint density at radius 1 is 0.455 bits per heavy atom. The fraction of sp³-hybridized carbons (Fsp3) is 0.779. The van der Waals surface area contributed by atoms with E-state index in [2.05, 4.69) is 92.1 Å². The first-order valence-corrected chi connectivity index (χ1v) is 34.0. The Hall–Kier alpha value is -2.32. The SMILES string of the molecule is CC/C=C\C/C=C\C/C=C\C/C=C\C/C=C\C/C=C\CCCCCCCCCCCCCCCCCCCCCCC(=O)NC(COP(=O)(O)OCC[N+](C)(C)C)C(O)/C=C/CCCCCCCCCCCCCCCC. The largest absolute Gasteiger partial charge is 0.472 e. The normalized spacial score (nSPS) is 14.3. The zero-order valence-electron chi connectivity index (χ0n) is 51.2. The molecule has 1 amide bonds. The number of phosphoric ester groups is 1. The van der Waals surface area contributed by atoms with Crippen molar-refractivity contribution in [2.75, 3.05) is 40.9 Å². The van der Waals surface area contributed by atoms with Crippen LogP contribution in [0.1, 0.15) is 290 Å². The van der Waals surface area contributed by atoms with Crippen LogP contribution in [-0.4, -0.2) is 73.4 Å². The summed E-state index contributed by atoms with van der Waals surface area (Å²) in [5.74, 6) is -0.175. The van der Waals surface area contributed by atoms with Gasteiger partial charge in [-0.25, -0.2) is 4.57 Å². The molecule has 8 nitrogen and oxygen atoms in total. The van der Waals surface area contributed by atoms with Gasteiger partial charge in [0.1, 0.15) is 13.2 Å². The number of amides is 1. The fourth-order valence-electron chi connectivity index (χ4n) is 9.34. The number of carbonyl (C=O) groups is 1. The van der Waals surface area contributed by atoms with Crippen molar-refractivity contribution in [3.8, 4) is 0 Å². The Morgan fingerprint density at radius 2 is 0.779 bits per heavy atom. The molecule has 0 aliphatic heterocycles. The van der Waals surface area contributed by atoms with Gasteiger partial charge in [-0.3, -0.25) is 13.8 Å². The van der Waals surface area contributed by atoms with E-state index in [1.165, 1.54) is 193 Å². The van der Waals surface area contributed by atoms with E-state index in [1.807, 2.05) is 27.2 Å². The number of likely N-dealkylation sites (N-methyl/N-ethyl adjacent to an activating group) is 1. The van der Waals surface area contributed by atoms with Crippen LogP contribution in [0.2, 0.25) is 0 Å². The molecule has 0 aromatic heterocycles. The number of rotatable bonds is 59. The van der Waals surface area contributed by atoms with Crippen molar-refractivity contribution in [1.82, 2.24) is 5.32 Å². The number of phosphoric acid groups is 1. The average Bonchev–Trinajstić information content (AvgIpc) is 3.39. The number of unbranched alkanes of at least 4 members (excludes halogenated alkanes) is 34. The molecule has 0 rings (SSSR count). The quantitative estimate of drug-likeness (QED) is 0.0243. The van der Waals surface area contributed by atoms with E-state index in [1.54, 1.807) is 6.08 Å². The number of nitrogens with one attached hydrogen (secondary N) is 1. The number of hydrogen-bond acceptors (Lipinski definition) is 5. The van der Waals surface area contributed by atoms with Crippen molar-refractivity contribution in [2.24, 2.45) is 0 Å². The molecule has 0 aromatic carbocycles. The summed E-state index contributed by atoms with van der Waals surface area (Å²) in [5.41, 5.74) is 0. The van der Waals surface area contributed by atoms with Gasteiger partial charge in [-0.05, 0) is 70.6 Å². The molecule has 0 bridgehead atoms. The fourth-order valence-corrected chi connectivity index (χ4v) is 10.1. The maximum atomic E-state index is 13.0. The minimum absolute atomic E-state index is 0.0611. The highest BCUT2D eigenvalue weighted by Gasteiger charge is 2.28. The maximum Gasteiger partial charge on any atom is 0.472 e. The van der Waals surface area contributed by atoms with Crippen LogP contribution >= 0.6 is 7.82 Å². The van der Waals surface area contributed by atoms with Gasteiger partial charge in [-0.15, -0.1) is 0 Å². The third-order valence-electron chi connectivity index (χ3n) is 14.4. The highest BCUT2D eigenvalue weighted by Crippen LogP contribution is 2.43. The van der Waals surface area contributed by atoms with Gasteiger partial charge in [0.15, 0.2) is 0 Å². The summed E-state index contributed by atoms with van der Waals surface area (Å²) in [7, 11) is 1.58. The van der Waals surface area contributed by atoms with Crippen LogP contribution in [-0.2, 0) is 18.4 Å². The Bertz CT molecular complexity index is 1530. The lowest BCUT2D eigenvalue weighted by atomic mass is 10.0. The number of aliphatic hydroxyl groups is 1. The van der Waals surface area contributed by atoms with Crippen LogP contribution in [0.25, 0.3) is 0 Å². The summed E-state index contributed by atoms with van der Waals surface area (Å²) < 4.78 is 23.7. The predicted molar refractivity (Wildman–Crippen MR) is 336 cm³/mol. The van der Waals surface area contributed by atoms with Crippen molar-refractivity contribution in [3.63, 3.8) is 0 Å². The van der Waals surface area contributed by atoms with Crippen LogP contribution in [0, 0.1) is 0 Å². The molecule has 3 unspecified atom stereocenters. The minimum Gasteiger partial charge on any atom is -0.387 e. The second-order valence-electron chi connectivity index (χ2n) is 23.1. The number of allylic oxidation sites excluding steroid dienone is 13. The molecule has 0 radical (unpaired) electrons. The molecule has 0 heterocycles. The molecule has 3 N–H and O–H groups in total. The van der Waals surface area contributed by atoms with Crippen LogP contribution in [0.5, 0.6) is 0 Å². The molecule has 77 heavy (non-hydrogen) atoms. The highest BCUT2D eigenvalue weighted by molar-refractivity contribution is 7.47. The molecule has 9 heteroatoms. The van der Waals surface area contributed by atoms with Gasteiger partial charge in [0, 0.05) is 6.42 Å². The van der Waals surface area contributed by atoms with Gasteiger partial charge in [0.25, 0.3) is 0 Å². The summed E-state index contributed by atoms with van der Waals surface area (Å²) >= 11 is 0. The van der Waals surface area contributed by atoms with Crippen LogP contribution < -0.4 is 5.32 Å². The van der Waals surface area contributed by atoms with E-state index in [0.29, 0.717) is 17.4 Å². The average molecular weight is 1100 g/mol. The summed E-state index contributed by atoms with van der Waals surface area (Å²) in [6.45, 7) is 4.72. The monoisotopic (exact) mass is 1100 g/mol. The van der Waals surface area contributed by atoms with E-state index in [9.17, 15) is 19.4 Å². The summed E-state index contributed by atoms with van der Waals surface area (Å²) in [5, 5.41) is 14.0. The molecule has 0 fully saturated rings. The van der Waals surface area contributed by atoms with Gasteiger partial charge in [0.2, 0.25) is 5.91 Å². The van der Waals surface area contributed by atoms with Crippen molar-refractivity contribution < 1.29 is 32.9 Å². The molecule has 3 atom stereocenters. The molecule has 0 saturated carbocycles. The third kappa shape index (κ3) is 61.2. The predicted octanol–water partition coefficient (Wildman–Crippen LogP) is 20.4. The van der Waals surface area contributed by atoms with E-state index in [4.69, 9.17) is 9.05 Å². The van der Waals surface area contributed by atoms with Crippen LogP contribution in [0.4, 0.5) is 0 Å². The summed E-state index contributed by atoms with van der Waals surface area (Å²) in [4.78, 5) is 23.3. The number of nitrogens with zero attached hydrogens (tertiary/aromatic N) is 1. The molecular formula is C68H126N2O6P+. The molecule has 0 aromatic rings. The van der Waals surface area contributed by atoms with Gasteiger partial charge < -0.3 is 19.8 Å². The lowest BCUT2D eigenvalue weighted by molar-refractivity contribution is -0.870. The van der Waals surface area contributed by atoms with Crippen LogP contribution in [0.15, 0.2) is 85.1 Å². The number of aliphatic hydroxyl groups excluding tert-OH is 1. The van der Waals surface area contributed by atoms with Crippen molar-refractivity contribution in [3.05, 3.63) is 85.1 Å². The van der Waals surface area contributed by atoms with E-state index < -0.39 is 20.0 Å². The van der Waals surface area contributed by atoms with E-state index in [0.717, 1.165) is 77.0 Å². The highest BCUT2D eigenvalue weighted by atomic mass is 31.2. The van der Waals surface area contributed by atoms with Gasteiger partial charge >= 0.3 is 7.82 Å². The number of quaternary nitrogens is 1. The second-order valence-corrected chi connectivity index (χ2v) is 24.6. The summed E-state index contributed by atoms with van der Waals surface area (Å²) in [6, 6.07) is -0.848. The third-order valence-corrected chi connectivity index (χ3v) is 15.4. The minimum atomic E-state index is -4.35. The number of hydrogen-bond donors (Lipinski definition) is 3. The lowest BCUT2D eigenvalue weighted by Gasteiger charge is -2.25.